The zero-order chi connectivity index (χ0) is 9.78. The maximum atomic E-state index is 10.8. The van der Waals surface area contributed by atoms with Gasteiger partial charge < -0.3 is 10.1 Å². The van der Waals surface area contributed by atoms with E-state index in [1.807, 2.05) is 6.92 Å². The fourth-order valence-electron chi connectivity index (χ4n) is 1.12. The van der Waals surface area contributed by atoms with E-state index in [4.69, 9.17) is 0 Å². The summed E-state index contributed by atoms with van der Waals surface area (Å²) in [6, 6.07) is 0.164. The molecule has 72 valence electrons. The van der Waals surface area contributed by atoms with Crippen molar-refractivity contribution in [1.29, 1.82) is 0 Å². The highest BCUT2D eigenvalue weighted by molar-refractivity contribution is 5.69. The van der Waals surface area contributed by atoms with Crippen LogP contribution in [0.5, 0.6) is 0 Å². The van der Waals surface area contributed by atoms with Crippen molar-refractivity contribution in [2.24, 2.45) is 0 Å². The number of carbonyl (C=O) groups is 1. The van der Waals surface area contributed by atoms with Crippen molar-refractivity contribution < 1.29 is 9.53 Å². The van der Waals surface area contributed by atoms with Crippen LogP contribution in [0.3, 0.4) is 0 Å². The summed E-state index contributed by atoms with van der Waals surface area (Å²) in [7, 11) is 1.41. The Labute approximate surface area is 74.5 Å². The fraction of sp³-hybridized carbons (Fsp3) is 0.889. The summed E-state index contributed by atoms with van der Waals surface area (Å²) >= 11 is 0. The van der Waals surface area contributed by atoms with E-state index in [1.54, 1.807) is 0 Å². The molecule has 0 radical (unpaired) electrons. The fourth-order valence-corrected chi connectivity index (χ4v) is 1.12. The summed E-state index contributed by atoms with van der Waals surface area (Å²) in [6.45, 7) is 8.19. The van der Waals surface area contributed by atoms with Crippen LogP contribution in [0.4, 0.5) is 0 Å². The van der Waals surface area contributed by atoms with Gasteiger partial charge in [-0.15, -0.1) is 0 Å². The standard InChI is InChI=1S/C9H19NO2/c1-7(6-8(11)12-5)10-9(2,3)4/h7,10H,6H2,1-5H3. The topological polar surface area (TPSA) is 38.3 Å². The lowest BCUT2D eigenvalue weighted by Gasteiger charge is -2.25. The van der Waals surface area contributed by atoms with Crippen LogP contribution in [0.1, 0.15) is 34.1 Å². The van der Waals surface area contributed by atoms with E-state index < -0.39 is 0 Å². The molecule has 1 atom stereocenters. The van der Waals surface area contributed by atoms with Crippen molar-refractivity contribution in [2.45, 2.75) is 45.7 Å². The Morgan fingerprint density at radius 3 is 2.33 bits per heavy atom. The largest absolute Gasteiger partial charge is 0.469 e. The van der Waals surface area contributed by atoms with Crippen molar-refractivity contribution in [3.05, 3.63) is 0 Å². The van der Waals surface area contributed by atoms with E-state index in [0.717, 1.165) is 0 Å². The van der Waals surface area contributed by atoms with Gasteiger partial charge in [-0.3, -0.25) is 4.79 Å². The number of methoxy groups -OCH3 is 1. The molecular weight excluding hydrogens is 154 g/mol. The summed E-state index contributed by atoms with van der Waals surface area (Å²) < 4.78 is 4.56. The summed E-state index contributed by atoms with van der Waals surface area (Å²) in [5, 5.41) is 3.28. The Kier molecular flexibility index (Phi) is 4.24. The second kappa shape index (κ2) is 4.45. The molecule has 0 bridgehead atoms. The highest BCUT2D eigenvalue weighted by Gasteiger charge is 2.15. The summed E-state index contributed by atoms with van der Waals surface area (Å²) in [5.74, 6) is -0.167. The molecule has 0 aliphatic heterocycles. The van der Waals surface area contributed by atoms with Gasteiger partial charge in [0.1, 0.15) is 0 Å². The van der Waals surface area contributed by atoms with Crippen molar-refractivity contribution in [2.75, 3.05) is 7.11 Å². The smallest absolute Gasteiger partial charge is 0.307 e. The molecule has 0 heterocycles. The summed E-state index contributed by atoms with van der Waals surface area (Å²) in [4.78, 5) is 10.8. The van der Waals surface area contributed by atoms with Crippen LogP contribution in [-0.2, 0) is 9.53 Å². The molecule has 1 unspecified atom stereocenters. The second-order valence-corrected chi connectivity index (χ2v) is 4.08. The van der Waals surface area contributed by atoms with Crippen LogP contribution < -0.4 is 5.32 Å². The molecular formula is C9H19NO2. The van der Waals surface area contributed by atoms with Crippen LogP contribution in [0.2, 0.25) is 0 Å². The zero-order valence-electron chi connectivity index (χ0n) is 8.60. The van der Waals surface area contributed by atoms with Gasteiger partial charge >= 0.3 is 5.97 Å². The molecule has 3 heteroatoms. The minimum Gasteiger partial charge on any atom is -0.469 e. The van der Waals surface area contributed by atoms with Gasteiger partial charge in [-0.05, 0) is 27.7 Å². The number of carbonyl (C=O) groups excluding carboxylic acids is 1. The predicted octanol–water partition coefficient (Wildman–Crippen LogP) is 1.33. The highest BCUT2D eigenvalue weighted by atomic mass is 16.5. The Morgan fingerprint density at radius 2 is 2.00 bits per heavy atom. The van der Waals surface area contributed by atoms with Gasteiger partial charge in [0.2, 0.25) is 0 Å². The molecule has 0 spiro atoms. The van der Waals surface area contributed by atoms with E-state index >= 15 is 0 Å². The molecule has 0 aromatic heterocycles. The van der Waals surface area contributed by atoms with Crippen LogP contribution >= 0.6 is 0 Å². The Hall–Kier alpha value is -0.570. The number of hydrogen-bond donors (Lipinski definition) is 1. The van der Waals surface area contributed by atoms with E-state index in [9.17, 15) is 4.79 Å². The molecule has 0 rings (SSSR count). The Balaban J connectivity index is 3.74. The molecule has 1 N–H and O–H groups in total. The SMILES string of the molecule is COC(=O)CC(C)NC(C)(C)C. The van der Waals surface area contributed by atoms with Gasteiger partial charge in [0.15, 0.2) is 0 Å². The molecule has 0 saturated carbocycles. The lowest BCUT2D eigenvalue weighted by Crippen LogP contribution is -2.43. The maximum absolute atomic E-state index is 10.8. The maximum Gasteiger partial charge on any atom is 0.307 e. The second-order valence-electron chi connectivity index (χ2n) is 4.08. The Morgan fingerprint density at radius 1 is 1.50 bits per heavy atom. The first-order chi connectivity index (χ1) is 5.35. The molecule has 0 amide bonds. The molecule has 12 heavy (non-hydrogen) atoms. The van der Waals surface area contributed by atoms with Gasteiger partial charge in [-0.25, -0.2) is 0 Å². The van der Waals surface area contributed by atoms with E-state index in [-0.39, 0.29) is 17.6 Å². The number of ether oxygens (including phenoxy) is 1. The van der Waals surface area contributed by atoms with Crippen molar-refractivity contribution >= 4 is 5.97 Å². The van der Waals surface area contributed by atoms with Gasteiger partial charge in [-0.1, -0.05) is 0 Å². The summed E-state index contributed by atoms with van der Waals surface area (Å²) in [5.41, 5.74) is 0.0490. The van der Waals surface area contributed by atoms with Crippen molar-refractivity contribution in [3.63, 3.8) is 0 Å². The van der Waals surface area contributed by atoms with Gasteiger partial charge in [0.05, 0.1) is 13.5 Å². The quantitative estimate of drug-likeness (QED) is 0.654. The monoisotopic (exact) mass is 173 g/mol. The van der Waals surface area contributed by atoms with Crippen LogP contribution in [-0.4, -0.2) is 24.7 Å². The van der Waals surface area contributed by atoms with Crippen LogP contribution in [0.25, 0.3) is 0 Å². The van der Waals surface area contributed by atoms with Crippen molar-refractivity contribution in [3.8, 4) is 0 Å². The predicted molar refractivity (Wildman–Crippen MR) is 49.0 cm³/mol. The minimum atomic E-state index is -0.167. The third kappa shape index (κ3) is 6.16. The Bertz CT molecular complexity index is 149. The lowest BCUT2D eigenvalue weighted by atomic mass is 10.1. The van der Waals surface area contributed by atoms with Gasteiger partial charge in [-0.2, -0.15) is 0 Å². The van der Waals surface area contributed by atoms with Crippen molar-refractivity contribution in [1.82, 2.24) is 5.32 Å². The van der Waals surface area contributed by atoms with Crippen LogP contribution in [0, 0.1) is 0 Å². The van der Waals surface area contributed by atoms with E-state index in [2.05, 4.69) is 30.8 Å². The first-order valence-corrected chi connectivity index (χ1v) is 4.19. The average molecular weight is 173 g/mol. The normalized spacial score (nSPS) is 14.1. The summed E-state index contributed by atoms with van der Waals surface area (Å²) in [6.07, 6.45) is 0.424. The zero-order valence-corrected chi connectivity index (χ0v) is 8.60. The number of rotatable bonds is 3. The molecule has 0 aliphatic carbocycles. The molecule has 0 aromatic carbocycles. The first-order valence-electron chi connectivity index (χ1n) is 4.19. The molecule has 0 aliphatic rings. The van der Waals surface area contributed by atoms with Gasteiger partial charge in [0.25, 0.3) is 0 Å². The highest BCUT2D eigenvalue weighted by Crippen LogP contribution is 2.03. The number of nitrogens with one attached hydrogen (secondary N) is 1. The molecule has 0 fully saturated rings. The lowest BCUT2D eigenvalue weighted by molar-refractivity contribution is -0.141. The van der Waals surface area contributed by atoms with E-state index in [0.29, 0.717) is 6.42 Å². The average Bonchev–Trinajstić information content (AvgIpc) is 1.82. The molecule has 3 nitrogen and oxygen atoms in total. The third-order valence-corrected chi connectivity index (χ3v) is 1.38. The number of esters is 1. The third-order valence-electron chi connectivity index (χ3n) is 1.38. The number of hydrogen-bond acceptors (Lipinski definition) is 3. The van der Waals surface area contributed by atoms with Gasteiger partial charge in [0, 0.05) is 11.6 Å². The molecule has 0 aromatic rings. The molecule has 0 saturated heterocycles. The van der Waals surface area contributed by atoms with Crippen LogP contribution in [0.15, 0.2) is 0 Å². The first kappa shape index (κ1) is 11.4. The van der Waals surface area contributed by atoms with E-state index in [1.165, 1.54) is 7.11 Å². The minimum absolute atomic E-state index is 0.0490.